The van der Waals surface area contributed by atoms with E-state index in [0.29, 0.717) is 31.6 Å². The maximum Gasteiger partial charge on any atom is 0.222 e. The van der Waals surface area contributed by atoms with E-state index in [0.717, 1.165) is 66.6 Å². The number of ether oxygens (including phenoxy) is 3. The lowest BCUT2D eigenvalue weighted by Gasteiger charge is -2.38. The summed E-state index contributed by atoms with van der Waals surface area (Å²) in [6, 6.07) is 0.204. The first-order valence-corrected chi connectivity index (χ1v) is 18.5. The molecule has 0 radical (unpaired) electrons. The summed E-state index contributed by atoms with van der Waals surface area (Å²) < 4.78 is 18.4. The lowest BCUT2D eigenvalue weighted by Crippen LogP contribution is -2.50. The number of methoxy groups -OCH3 is 2. The van der Waals surface area contributed by atoms with Gasteiger partial charge in [0.2, 0.25) is 5.91 Å². The average Bonchev–Trinajstić information content (AvgIpc) is 3.74. The summed E-state index contributed by atoms with van der Waals surface area (Å²) in [4.78, 5) is 22.8. The van der Waals surface area contributed by atoms with Gasteiger partial charge in [0.1, 0.15) is 0 Å². The Hall–Kier alpha value is -1.56. The molecule has 0 aliphatic carbocycles. The topological polar surface area (TPSA) is 75.6 Å². The molecule has 262 valence electrons. The maximum atomic E-state index is 13.0. The summed E-state index contributed by atoms with van der Waals surface area (Å²) >= 11 is 7.81. The Labute approximate surface area is 289 Å². The largest absolute Gasteiger partial charge is 0.379 e. The zero-order valence-corrected chi connectivity index (χ0v) is 31.5. The van der Waals surface area contributed by atoms with Gasteiger partial charge in [-0.2, -0.15) is 0 Å². The number of rotatable bonds is 22. The quantitative estimate of drug-likeness (QED) is 0.0789. The van der Waals surface area contributed by atoms with Crippen molar-refractivity contribution < 1.29 is 19.0 Å². The molecular weight excluding hydrogens is 617 g/mol. The molecule has 1 amide bonds. The van der Waals surface area contributed by atoms with Crippen LogP contribution in [0.15, 0.2) is 42.0 Å². The molecule has 8 nitrogen and oxygen atoms in total. The Morgan fingerprint density at radius 3 is 2.52 bits per heavy atom. The van der Waals surface area contributed by atoms with E-state index in [-0.39, 0.29) is 42.2 Å². The van der Waals surface area contributed by atoms with Crippen molar-refractivity contribution in [1.29, 1.82) is 0 Å². The van der Waals surface area contributed by atoms with Crippen molar-refractivity contribution in [2.45, 2.75) is 103 Å². The van der Waals surface area contributed by atoms with Crippen LogP contribution in [-0.2, 0) is 19.0 Å². The van der Waals surface area contributed by atoms with E-state index in [1.807, 2.05) is 24.1 Å². The van der Waals surface area contributed by atoms with Gasteiger partial charge < -0.3 is 24.4 Å². The van der Waals surface area contributed by atoms with Gasteiger partial charge in [0, 0.05) is 58.5 Å². The molecule has 1 N–H and O–H groups in total. The van der Waals surface area contributed by atoms with Crippen LogP contribution in [0.1, 0.15) is 73.1 Å². The van der Waals surface area contributed by atoms with Gasteiger partial charge in [-0.3, -0.25) is 14.7 Å². The number of amides is 1. The molecule has 46 heavy (non-hydrogen) atoms. The van der Waals surface area contributed by atoms with E-state index < -0.39 is 0 Å². The molecule has 0 unspecified atom stereocenters. The van der Waals surface area contributed by atoms with Crippen LogP contribution in [-0.4, -0.2) is 110 Å². The Kier molecular flexibility index (Phi) is 18.9. The first-order chi connectivity index (χ1) is 22.0. The van der Waals surface area contributed by atoms with Gasteiger partial charge in [0.05, 0.1) is 47.7 Å². The lowest BCUT2D eigenvalue weighted by atomic mass is 9.91. The van der Waals surface area contributed by atoms with E-state index in [4.69, 9.17) is 31.4 Å². The minimum atomic E-state index is -0.0980. The lowest BCUT2D eigenvalue weighted by molar-refractivity contribution is -0.138. The Bertz CT molecular complexity index is 1040. The predicted octanol–water partition coefficient (Wildman–Crippen LogP) is 6.52. The number of thioether (sulfide) groups is 1. The molecule has 2 rings (SSSR count). The summed E-state index contributed by atoms with van der Waals surface area (Å²) in [5.74, 6) is 1.81. The van der Waals surface area contributed by atoms with Gasteiger partial charge in [0.15, 0.2) is 0 Å². The molecule has 0 aromatic heterocycles. The summed E-state index contributed by atoms with van der Waals surface area (Å²) in [5.41, 5.74) is 1.10. The predicted molar refractivity (Wildman–Crippen MR) is 199 cm³/mol. The molecule has 2 aliphatic heterocycles. The number of hydrogen-bond donors (Lipinski definition) is 1. The number of carbonyl (C=O) groups excluding carboxylic acids is 1. The van der Waals surface area contributed by atoms with Crippen LogP contribution in [0.3, 0.4) is 0 Å². The number of hydrogen-bond acceptors (Lipinski definition) is 8. The van der Waals surface area contributed by atoms with Crippen molar-refractivity contribution in [2.24, 2.45) is 22.7 Å². The van der Waals surface area contributed by atoms with Crippen molar-refractivity contribution in [1.82, 2.24) is 15.1 Å². The molecule has 1 saturated heterocycles. The zero-order chi connectivity index (χ0) is 34.2. The van der Waals surface area contributed by atoms with Gasteiger partial charge in [-0.05, 0) is 43.1 Å². The second kappa shape index (κ2) is 21.4. The van der Waals surface area contributed by atoms with E-state index in [9.17, 15) is 4.79 Å². The fraction of sp³-hybridized carbons (Fsp3) is 0.750. The van der Waals surface area contributed by atoms with Crippen molar-refractivity contribution >= 4 is 39.9 Å². The standard InChI is InChI=1S/C36H62N4O4S2/c1-11-15-28(13-3)23-29(36-37-18-21-46-36)38-35(45)27(7)34(43-10)30-16-14-19-40(30)24-44-20-17-31(42-9)33(26(6)12-2)39(8)32(41)22-25(4)5/h11,13,15,25-27,29-31,33-34H,1,3,12,14,16-24H2,2,4-10H3,(H,38,45)/b28-15+/t26-,27+,29-,30-,31+,33-,34+/m0/s1. The van der Waals surface area contributed by atoms with Crippen LogP contribution in [0.25, 0.3) is 0 Å². The highest BCUT2D eigenvalue weighted by molar-refractivity contribution is 8.14. The number of nitrogens with one attached hydrogen (secondary N) is 1. The van der Waals surface area contributed by atoms with Gasteiger partial charge in [-0.15, -0.1) is 11.8 Å². The molecule has 2 aliphatic rings. The summed E-state index contributed by atoms with van der Waals surface area (Å²) in [5, 5.41) is 4.74. The fourth-order valence-electron chi connectivity index (χ4n) is 6.61. The van der Waals surface area contributed by atoms with Crippen molar-refractivity contribution in [3.05, 3.63) is 37.0 Å². The Morgan fingerprint density at radius 2 is 1.96 bits per heavy atom. The normalized spacial score (nSPS) is 21.3. The minimum absolute atomic E-state index is 0.000125. The van der Waals surface area contributed by atoms with Gasteiger partial charge in [-0.1, -0.05) is 84.6 Å². The third-order valence-electron chi connectivity index (χ3n) is 9.37. The molecule has 1 fully saturated rings. The number of carbonyl (C=O) groups is 1. The molecule has 0 saturated carbocycles. The van der Waals surface area contributed by atoms with Crippen LogP contribution < -0.4 is 5.32 Å². The van der Waals surface area contributed by atoms with Gasteiger partial charge in [-0.25, -0.2) is 0 Å². The molecule has 0 bridgehead atoms. The minimum Gasteiger partial charge on any atom is -0.379 e. The van der Waals surface area contributed by atoms with Crippen LogP contribution in [0.2, 0.25) is 0 Å². The van der Waals surface area contributed by atoms with Gasteiger partial charge in [0.25, 0.3) is 0 Å². The van der Waals surface area contributed by atoms with Crippen molar-refractivity contribution in [3.63, 3.8) is 0 Å². The third-order valence-corrected chi connectivity index (χ3v) is 11.0. The first kappa shape index (κ1) is 40.6. The monoisotopic (exact) mass is 678 g/mol. The number of likely N-dealkylation sites (N-methyl/N-ethyl adjacent to an activating group) is 1. The van der Waals surface area contributed by atoms with E-state index >= 15 is 0 Å². The summed E-state index contributed by atoms with van der Waals surface area (Å²) in [6.45, 7) is 21.4. The highest BCUT2D eigenvalue weighted by Gasteiger charge is 2.38. The van der Waals surface area contributed by atoms with Gasteiger partial charge >= 0.3 is 0 Å². The summed E-state index contributed by atoms with van der Waals surface area (Å²) in [7, 11) is 5.45. The van der Waals surface area contributed by atoms with Crippen molar-refractivity contribution in [2.75, 3.05) is 53.4 Å². The van der Waals surface area contributed by atoms with Crippen LogP contribution in [0.4, 0.5) is 0 Å². The fourth-order valence-corrected chi connectivity index (χ4v) is 7.80. The van der Waals surface area contributed by atoms with Crippen LogP contribution in [0, 0.1) is 17.8 Å². The molecular formula is C36H62N4O4S2. The highest BCUT2D eigenvalue weighted by atomic mass is 32.2. The third kappa shape index (κ3) is 12.2. The zero-order valence-electron chi connectivity index (χ0n) is 29.8. The molecule has 7 atom stereocenters. The molecule has 0 aromatic rings. The van der Waals surface area contributed by atoms with E-state index in [1.54, 1.807) is 32.1 Å². The smallest absolute Gasteiger partial charge is 0.222 e. The van der Waals surface area contributed by atoms with Crippen LogP contribution >= 0.6 is 24.0 Å². The SMILES string of the molecule is C=C/C=C(\C=C)C[C@H](NC(=S)[C@H](C)[C@@H](OC)[C@@H]1CCCN1COCC[C@@H](OC)[C@H]([C@@H](C)CC)N(C)C(=O)CC(C)C)C1=NCCS1. The number of nitrogens with zero attached hydrogens (tertiary/aromatic N) is 3. The highest BCUT2D eigenvalue weighted by Crippen LogP contribution is 2.28. The molecule has 10 heteroatoms. The van der Waals surface area contributed by atoms with Crippen molar-refractivity contribution in [3.8, 4) is 0 Å². The Balaban J connectivity index is 2.02. The maximum absolute atomic E-state index is 13.0. The second-order valence-corrected chi connectivity index (χ2v) is 14.7. The number of allylic oxidation sites excluding steroid dienone is 3. The average molecular weight is 679 g/mol. The van der Waals surface area contributed by atoms with E-state index in [2.05, 4.69) is 58.0 Å². The first-order valence-electron chi connectivity index (χ1n) is 17.1. The van der Waals surface area contributed by atoms with Crippen LogP contribution in [0.5, 0.6) is 0 Å². The number of aliphatic imine (C=N–C) groups is 1. The summed E-state index contributed by atoms with van der Waals surface area (Å²) in [6.07, 6.45) is 10.6. The van der Waals surface area contributed by atoms with E-state index in [1.165, 1.54) is 0 Å². The Morgan fingerprint density at radius 1 is 1.22 bits per heavy atom. The number of thiocarbonyl (C=S) groups is 1. The molecule has 0 spiro atoms. The number of likely N-dealkylation sites (tertiary alicyclic amines) is 1. The molecule has 2 heterocycles. The second-order valence-electron chi connectivity index (χ2n) is 13.1. The molecule has 0 aromatic carbocycles.